The molecule has 0 aromatic rings. The number of aliphatic carboxylic acids is 1. The van der Waals surface area contributed by atoms with Crippen LogP contribution in [-0.4, -0.2) is 17.1 Å². The predicted molar refractivity (Wildman–Crippen MR) is 37.7 cm³/mol. The highest BCUT2D eigenvalue weighted by molar-refractivity contribution is 5.73. The van der Waals surface area contributed by atoms with E-state index in [1.807, 2.05) is 0 Å². The van der Waals surface area contributed by atoms with E-state index in [0.29, 0.717) is 0 Å². The lowest BCUT2D eigenvalue weighted by Gasteiger charge is -2.05. The van der Waals surface area contributed by atoms with Gasteiger partial charge in [-0.05, 0) is 0 Å². The Hall–Kier alpha value is -1.27. The molecule has 0 unspecified atom stereocenters. The highest BCUT2D eigenvalue weighted by Crippen LogP contribution is 2.00. The second-order valence-electron chi connectivity index (χ2n) is 2.21. The van der Waals surface area contributed by atoms with Gasteiger partial charge in [0.15, 0.2) is 0 Å². The molecule has 0 aromatic heterocycles. The molecule has 1 rings (SSSR count). The summed E-state index contributed by atoms with van der Waals surface area (Å²) in [5.41, 5.74) is 13.9. The van der Waals surface area contributed by atoms with Crippen LogP contribution in [0.2, 0.25) is 0 Å². The van der Waals surface area contributed by atoms with E-state index < -0.39 is 12.0 Å². The van der Waals surface area contributed by atoms with Gasteiger partial charge in [0, 0.05) is 18.3 Å². The Kier molecular flexibility index (Phi) is 2.29. The van der Waals surface area contributed by atoms with Crippen LogP contribution in [0.15, 0.2) is 11.9 Å². The van der Waals surface area contributed by atoms with Gasteiger partial charge in [-0.2, -0.15) is 5.53 Å². The molecular weight excluding hydrogens is 148 g/mol. The van der Waals surface area contributed by atoms with Crippen LogP contribution in [0.5, 0.6) is 0 Å². The molecule has 62 valence electrons. The van der Waals surface area contributed by atoms with E-state index in [1.54, 1.807) is 6.20 Å². The molecule has 0 saturated heterocycles. The van der Waals surface area contributed by atoms with E-state index in [4.69, 9.17) is 10.8 Å². The molecule has 6 nitrogen and oxygen atoms in total. The Labute approximate surface area is 63.4 Å². The third-order valence-corrected chi connectivity index (χ3v) is 1.30. The van der Waals surface area contributed by atoms with Gasteiger partial charge in [-0.15, -0.1) is 0 Å². The van der Waals surface area contributed by atoms with E-state index in [1.165, 1.54) is 0 Å². The first-order valence-corrected chi connectivity index (χ1v) is 3.14. The summed E-state index contributed by atoms with van der Waals surface area (Å²) in [6, 6.07) is -0.851. The SMILES string of the molecule is N[C@@H](CC1=CNNN1)C(=O)O. The van der Waals surface area contributed by atoms with E-state index >= 15 is 0 Å². The number of carboxylic acid groups (broad SMARTS) is 1. The minimum Gasteiger partial charge on any atom is -0.480 e. The van der Waals surface area contributed by atoms with Crippen LogP contribution < -0.4 is 22.1 Å². The van der Waals surface area contributed by atoms with Crippen LogP contribution in [-0.2, 0) is 4.79 Å². The van der Waals surface area contributed by atoms with Crippen molar-refractivity contribution in [2.24, 2.45) is 5.73 Å². The van der Waals surface area contributed by atoms with Crippen LogP contribution in [0, 0.1) is 0 Å². The molecule has 6 heteroatoms. The molecule has 0 spiro atoms. The van der Waals surface area contributed by atoms with E-state index in [9.17, 15) is 4.79 Å². The van der Waals surface area contributed by atoms with Gasteiger partial charge in [-0.3, -0.25) is 4.79 Å². The zero-order chi connectivity index (χ0) is 8.27. The fraction of sp³-hybridized carbons (Fsp3) is 0.400. The monoisotopic (exact) mass is 158 g/mol. The van der Waals surface area contributed by atoms with E-state index in [2.05, 4.69) is 16.4 Å². The van der Waals surface area contributed by atoms with Crippen LogP contribution in [0.4, 0.5) is 0 Å². The predicted octanol–water partition coefficient (Wildman–Crippen LogP) is -1.76. The number of nitrogens with one attached hydrogen (secondary N) is 3. The van der Waals surface area contributed by atoms with Gasteiger partial charge in [0.2, 0.25) is 0 Å². The molecule has 0 amide bonds. The van der Waals surface area contributed by atoms with Crippen LogP contribution in [0.25, 0.3) is 0 Å². The van der Waals surface area contributed by atoms with Crippen LogP contribution in [0.1, 0.15) is 6.42 Å². The second-order valence-corrected chi connectivity index (χ2v) is 2.21. The molecule has 11 heavy (non-hydrogen) atoms. The average Bonchev–Trinajstić information content (AvgIpc) is 2.39. The first-order chi connectivity index (χ1) is 5.20. The summed E-state index contributed by atoms with van der Waals surface area (Å²) in [6.07, 6.45) is 1.91. The van der Waals surface area contributed by atoms with Crippen molar-refractivity contribution in [2.45, 2.75) is 12.5 Å². The first kappa shape index (κ1) is 7.83. The Balaban J connectivity index is 2.35. The molecule has 0 aromatic carbocycles. The largest absolute Gasteiger partial charge is 0.480 e. The van der Waals surface area contributed by atoms with Crippen molar-refractivity contribution in [3.63, 3.8) is 0 Å². The molecule has 0 radical (unpaired) electrons. The maximum absolute atomic E-state index is 10.3. The van der Waals surface area contributed by atoms with Crippen molar-refractivity contribution in [2.75, 3.05) is 0 Å². The van der Waals surface area contributed by atoms with Gasteiger partial charge in [0.05, 0.1) is 0 Å². The van der Waals surface area contributed by atoms with Gasteiger partial charge in [-0.25, -0.2) is 0 Å². The lowest BCUT2D eigenvalue weighted by atomic mass is 10.2. The normalized spacial score (nSPS) is 18.1. The van der Waals surface area contributed by atoms with Crippen LogP contribution >= 0.6 is 0 Å². The topological polar surface area (TPSA) is 99.4 Å². The van der Waals surface area contributed by atoms with Crippen molar-refractivity contribution in [1.82, 2.24) is 16.4 Å². The summed E-state index contributed by atoms with van der Waals surface area (Å²) >= 11 is 0. The quantitative estimate of drug-likeness (QED) is 0.334. The number of hydrogen-bond donors (Lipinski definition) is 5. The molecule has 1 atom stereocenters. The summed E-state index contributed by atoms with van der Waals surface area (Å²) in [5, 5.41) is 8.42. The van der Waals surface area contributed by atoms with Gasteiger partial charge in [0.25, 0.3) is 0 Å². The Morgan fingerprint density at radius 2 is 2.55 bits per heavy atom. The Bertz CT molecular complexity index is 191. The van der Waals surface area contributed by atoms with Crippen molar-refractivity contribution in [3.05, 3.63) is 11.9 Å². The van der Waals surface area contributed by atoms with E-state index in [-0.39, 0.29) is 6.42 Å². The van der Waals surface area contributed by atoms with E-state index in [0.717, 1.165) is 5.70 Å². The summed E-state index contributed by atoms with van der Waals surface area (Å²) < 4.78 is 0. The number of rotatable bonds is 3. The van der Waals surface area contributed by atoms with Crippen molar-refractivity contribution in [3.8, 4) is 0 Å². The van der Waals surface area contributed by atoms with Crippen molar-refractivity contribution in [1.29, 1.82) is 0 Å². The zero-order valence-electron chi connectivity index (χ0n) is 5.79. The Morgan fingerprint density at radius 3 is 3.00 bits per heavy atom. The second kappa shape index (κ2) is 3.22. The van der Waals surface area contributed by atoms with Crippen molar-refractivity contribution >= 4 is 5.97 Å². The number of carbonyl (C=O) groups is 1. The minimum atomic E-state index is -1.00. The molecule has 1 heterocycles. The third-order valence-electron chi connectivity index (χ3n) is 1.30. The summed E-state index contributed by atoms with van der Waals surface area (Å²) in [5.74, 6) is -1.00. The molecule has 0 bridgehead atoms. The fourth-order valence-corrected chi connectivity index (χ4v) is 0.710. The summed E-state index contributed by atoms with van der Waals surface area (Å²) in [7, 11) is 0. The number of carboxylic acids is 1. The molecule has 0 fully saturated rings. The van der Waals surface area contributed by atoms with Gasteiger partial charge < -0.3 is 21.7 Å². The van der Waals surface area contributed by atoms with Gasteiger partial charge in [-0.1, -0.05) is 0 Å². The average molecular weight is 158 g/mol. The van der Waals surface area contributed by atoms with Crippen molar-refractivity contribution < 1.29 is 9.90 Å². The Morgan fingerprint density at radius 1 is 1.82 bits per heavy atom. The zero-order valence-corrected chi connectivity index (χ0v) is 5.79. The molecule has 1 aliphatic rings. The summed E-state index contributed by atoms with van der Waals surface area (Å²) in [6.45, 7) is 0. The third kappa shape index (κ3) is 2.10. The standard InChI is InChI=1S/C5H10N4O2/c6-4(5(10)11)1-3-2-7-9-8-3/h2,4,7-9H,1,6H2,(H,10,11)/t4-/m0/s1. The minimum absolute atomic E-state index is 0.287. The maximum Gasteiger partial charge on any atom is 0.320 e. The molecule has 0 saturated carbocycles. The highest BCUT2D eigenvalue weighted by atomic mass is 16.4. The lowest BCUT2D eigenvalue weighted by molar-refractivity contribution is -0.138. The fourth-order valence-electron chi connectivity index (χ4n) is 0.710. The van der Waals surface area contributed by atoms with Gasteiger partial charge >= 0.3 is 5.97 Å². The smallest absolute Gasteiger partial charge is 0.320 e. The molecule has 6 N–H and O–H groups in total. The first-order valence-electron chi connectivity index (χ1n) is 3.14. The lowest BCUT2D eigenvalue weighted by Crippen LogP contribution is -2.35. The summed E-state index contributed by atoms with van der Waals surface area (Å²) in [4.78, 5) is 10.3. The van der Waals surface area contributed by atoms with Crippen LogP contribution in [0.3, 0.4) is 0 Å². The highest BCUT2D eigenvalue weighted by Gasteiger charge is 2.14. The van der Waals surface area contributed by atoms with Gasteiger partial charge in [0.1, 0.15) is 6.04 Å². The number of hydrogen-bond acceptors (Lipinski definition) is 5. The number of nitrogens with two attached hydrogens (primary N) is 1. The maximum atomic E-state index is 10.3. The number of hydrazine groups is 2. The molecule has 0 aliphatic carbocycles. The molecular formula is C5H10N4O2. The molecule has 1 aliphatic heterocycles.